The third-order valence-electron chi connectivity index (χ3n) is 2.52. The van der Waals surface area contributed by atoms with E-state index in [-0.39, 0.29) is 5.56 Å². The standard InChI is InChI=1S/C15H10N2O3/c16-14(18)8-3-10-1-4-11(5-2-10)13-7-6-12(9-17-13)15(19)20/h1-2,4-7,9H,(H2,16,18)(H,19,20). The van der Waals surface area contributed by atoms with Crippen molar-refractivity contribution in [3.63, 3.8) is 0 Å². The Morgan fingerprint density at radius 1 is 1.10 bits per heavy atom. The summed E-state index contributed by atoms with van der Waals surface area (Å²) in [6.07, 6.45) is 1.30. The second kappa shape index (κ2) is 5.67. The molecule has 0 saturated carbocycles. The van der Waals surface area contributed by atoms with Crippen molar-refractivity contribution in [2.24, 2.45) is 5.73 Å². The Labute approximate surface area is 115 Å². The zero-order valence-electron chi connectivity index (χ0n) is 10.3. The minimum absolute atomic E-state index is 0.137. The maximum Gasteiger partial charge on any atom is 0.337 e. The molecule has 1 heterocycles. The first-order valence-electron chi connectivity index (χ1n) is 5.67. The number of amides is 1. The van der Waals surface area contributed by atoms with E-state index in [1.165, 1.54) is 12.3 Å². The number of carbonyl (C=O) groups is 2. The highest BCUT2D eigenvalue weighted by Gasteiger charge is 2.04. The summed E-state index contributed by atoms with van der Waals surface area (Å²) < 4.78 is 0. The van der Waals surface area contributed by atoms with E-state index in [1.807, 2.05) is 0 Å². The first kappa shape index (κ1) is 13.3. The average molecular weight is 266 g/mol. The average Bonchev–Trinajstić information content (AvgIpc) is 2.46. The highest BCUT2D eigenvalue weighted by Crippen LogP contribution is 2.17. The van der Waals surface area contributed by atoms with Gasteiger partial charge in [0.2, 0.25) is 0 Å². The predicted octanol–water partition coefficient (Wildman–Crippen LogP) is 1.28. The van der Waals surface area contributed by atoms with Gasteiger partial charge in [0.05, 0.1) is 11.3 Å². The number of aromatic nitrogens is 1. The molecule has 5 nitrogen and oxygen atoms in total. The zero-order valence-corrected chi connectivity index (χ0v) is 10.3. The minimum atomic E-state index is -1.01. The van der Waals surface area contributed by atoms with Crippen LogP contribution in [0.4, 0.5) is 0 Å². The Bertz CT molecular complexity index is 708. The van der Waals surface area contributed by atoms with Gasteiger partial charge in [-0.2, -0.15) is 0 Å². The lowest BCUT2D eigenvalue weighted by molar-refractivity contribution is -0.112. The van der Waals surface area contributed by atoms with Crippen molar-refractivity contribution < 1.29 is 14.7 Å². The molecule has 1 aromatic heterocycles. The molecule has 0 aliphatic carbocycles. The first-order valence-corrected chi connectivity index (χ1v) is 5.67. The molecule has 3 N–H and O–H groups in total. The van der Waals surface area contributed by atoms with Crippen LogP contribution < -0.4 is 5.73 Å². The number of pyridine rings is 1. The molecule has 0 radical (unpaired) electrons. The number of hydrogen-bond donors (Lipinski definition) is 2. The Balaban J connectivity index is 2.24. The number of carbonyl (C=O) groups excluding carboxylic acids is 1. The van der Waals surface area contributed by atoms with Gasteiger partial charge in [-0.3, -0.25) is 9.78 Å². The number of carboxylic acid groups (broad SMARTS) is 1. The van der Waals surface area contributed by atoms with Crippen LogP contribution in [0.25, 0.3) is 11.3 Å². The van der Waals surface area contributed by atoms with Crippen LogP contribution in [-0.4, -0.2) is 22.0 Å². The lowest BCUT2D eigenvalue weighted by atomic mass is 10.1. The zero-order chi connectivity index (χ0) is 14.5. The smallest absolute Gasteiger partial charge is 0.337 e. The Morgan fingerprint density at radius 2 is 1.80 bits per heavy atom. The number of nitrogens with two attached hydrogens (primary N) is 1. The van der Waals surface area contributed by atoms with Crippen molar-refractivity contribution in [2.45, 2.75) is 0 Å². The molecule has 20 heavy (non-hydrogen) atoms. The molecular weight excluding hydrogens is 256 g/mol. The van der Waals surface area contributed by atoms with Crippen molar-refractivity contribution in [1.82, 2.24) is 4.98 Å². The van der Waals surface area contributed by atoms with Gasteiger partial charge in [0, 0.05) is 17.3 Å². The molecule has 2 aromatic rings. The molecule has 0 atom stereocenters. The van der Waals surface area contributed by atoms with Crippen LogP contribution in [0.5, 0.6) is 0 Å². The second-order valence-electron chi connectivity index (χ2n) is 3.93. The topological polar surface area (TPSA) is 93.3 Å². The molecule has 0 fully saturated rings. The third-order valence-corrected chi connectivity index (χ3v) is 2.52. The van der Waals surface area contributed by atoms with Gasteiger partial charge in [-0.1, -0.05) is 18.1 Å². The molecule has 1 aromatic carbocycles. The molecule has 5 heteroatoms. The molecule has 98 valence electrons. The Kier molecular flexibility index (Phi) is 3.77. The molecular formula is C15H10N2O3. The van der Waals surface area contributed by atoms with Crippen molar-refractivity contribution in [1.29, 1.82) is 0 Å². The van der Waals surface area contributed by atoms with Crippen LogP contribution in [0.3, 0.4) is 0 Å². The number of nitrogens with zero attached hydrogens (tertiary/aromatic N) is 1. The lowest BCUT2D eigenvalue weighted by Crippen LogP contribution is -2.06. The van der Waals surface area contributed by atoms with E-state index < -0.39 is 11.9 Å². The predicted molar refractivity (Wildman–Crippen MR) is 72.7 cm³/mol. The van der Waals surface area contributed by atoms with E-state index in [1.54, 1.807) is 30.3 Å². The van der Waals surface area contributed by atoms with Gasteiger partial charge in [0.1, 0.15) is 0 Å². The van der Waals surface area contributed by atoms with Crippen LogP contribution in [0.2, 0.25) is 0 Å². The summed E-state index contributed by atoms with van der Waals surface area (Å²) in [6.45, 7) is 0. The van der Waals surface area contributed by atoms with Crippen molar-refractivity contribution in [2.75, 3.05) is 0 Å². The number of rotatable bonds is 2. The summed E-state index contributed by atoms with van der Waals surface area (Å²) in [5.41, 5.74) is 7.21. The van der Waals surface area contributed by atoms with E-state index in [9.17, 15) is 9.59 Å². The molecule has 2 rings (SSSR count). The monoisotopic (exact) mass is 266 g/mol. The summed E-state index contributed by atoms with van der Waals surface area (Å²) in [7, 11) is 0. The van der Waals surface area contributed by atoms with Gasteiger partial charge in [-0.25, -0.2) is 4.79 Å². The summed E-state index contributed by atoms with van der Waals surface area (Å²) in [5, 5.41) is 8.79. The van der Waals surface area contributed by atoms with Crippen LogP contribution in [-0.2, 0) is 4.79 Å². The minimum Gasteiger partial charge on any atom is -0.478 e. The van der Waals surface area contributed by atoms with Crippen molar-refractivity contribution >= 4 is 11.9 Å². The van der Waals surface area contributed by atoms with Gasteiger partial charge in [0.15, 0.2) is 0 Å². The van der Waals surface area contributed by atoms with E-state index in [4.69, 9.17) is 10.8 Å². The van der Waals surface area contributed by atoms with Gasteiger partial charge >= 0.3 is 5.97 Å². The number of benzene rings is 1. The number of aromatic carboxylic acids is 1. The Morgan fingerprint density at radius 3 is 2.30 bits per heavy atom. The normalized spacial score (nSPS) is 9.40. The molecule has 0 saturated heterocycles. The summed E-state index contributed by atoms with van der Waals surface area (Å²) in [4.78, 5) is 25.3. The van der Waals surface area contributed by atoms with Crippen LogP contribution >= 0.6 is 0 Å². The molecule has 0 bridgehead atoms. The highest BCUT2D eigenvalue weighted by atomic mass is 16.4. The Hall–Kier alpha value is -3.13. The first-order chi connectivity index (χ1) is 9.56. The maximum absolute atomic E-state index is 10.7. The van der Waals surface area contributed by atoms with E-state index in [0.717, 1.165) is 5.56 Å². The molecule has 0 spiro atoms. The van der Waals surface area contributed by atoms with Gasteiger partial charge in [-0.15, -0.1) is 0 Å². The third kappa shape index (κ3) is 3.21. The fourth-order valence-corrected chi connectivity index (χ4v) is 1.55. The van der Waals surface area contributed by atoms with E-state index >= 15 is 0 Å². The molecule has 0 unspecified atom stereocenters. The van der Waals surface area contributed by atoms with E-state index in [0.29, 0.717) is 11.3 Å². The van der Waals surface area contributed by atoms with Crippen LogP contribution in [0.1, 0.15) is 15.9 Å². The van der Waals surface area contributed by atoms with Crippen molar-refractivity contribution in [3.05, 3.63) is 53.7 Å². The largest absolute Gasteiger partial charge is 0.478 e. The highest BCUT2D eigenvalue weighted by molar-refractivity contribution is 5.92. The number of primary amides is 1. The fourth-order valence-electron chi connectivity index (χ4n) is 1.55. The quantitative estimate of drug-likeness (QED) is 0.801. The SMILES string of the molecule is NC(=O)C#Cc1ccc(-c2ccc(C(=O)O)cn2)cc1. The van der Waals surface area contributed by atoms with Crippen LogP contribution in [0.15, 0.2) is 42.6 Å². The number of carboxylic acids is 1. The molecule has 1 amide bonds. The van der Waals surface area contributed by atoms with Crippen molar-refractivity contribution in [3.8, 4) is 23.1 Å². The summed E-state index contributed by atoms with van der Waals surface area (Å²) in [5.74, 6) is 3.18. The maximum atomic E-state index is 10.7. The molecule has 0 aliphatic heterocycles. The van der Waals surface area contributed by atoms with E-state index in [2.05, 4.69) is 16.8 Å². The summed E-state index contributed by atoms with van der Waals surface area (Å²) >= 11 is 0. The van der Waals surface area contributed by atoms with Gasteiger partial charge in [-0.05, 0) is 30.2 Å². The lowest BCUT2D eigenvalue weighted by Gasteiger charge is -2.01. The van der Waals surface area contributed by atoms with Gasteiger partial charge in [0.25, 0.3) is 5.91 Å². The number of hydrogen-bond acceptors (Lipinski definition) is 3. The van der Waals surface area contributed by atoms with Crippen LogP contribution in [0, 0.1) is 11.8 Å². The summed E-state index contributed by atoms with van der Waals surface area (Å²) in [6, 6.07) is 10.2. The van der Waals surface area contributed by atoms with Gasteiger partial charge < -0.3 is 10.8 Å². The fraction of sp³-hybridized carbons (Fsp3) is 0. The molecule has 0 aliphatic rings. The second-order valence-corrected chi connectivity index (χ2v) is 3.93.